The highest BCUT2D eigenvalue weighted by Gasteiger charge is 2.16. The molecule has 1 aliphatic rings. The van der Waals surface area contributed by atoms with Crippen molar-refractivity contribution < 1.29 is 4.74 Å². The Bertz CT molecular complexity index is 316. The van der Waals surface area contributed by atoms with Crippen molar-refractivity contribution in [2.75, 3.05) is 19.8 Å². The van der Waals surface area contributed by atoms with Crippen molar-refractivity contribution in [2.24, 2.45) is 0 Å². The van der Waals surface area contributed by atoms with Crippen LogP contribution in [0.2, 0.25) is 0 Å². The zero-order valence-electron chi connectivity index (χ0n) is 8.84. The maximum Gasteiger partial charge on any atom is 0.0662 e. The highest BCUT2D eigenvalue weighted by molar-refractivity contribution is 5.35. The Kier molecular flexibility index (Phi) is 2.85. The second-order valence-electron chi connectivity index (χ2n) is 3.87. The van der Waals surface area contributed by atoms with E-state index in [2.05, 4.69) is 37.4 Å². The molecule has 2 nitrogen and oxygen atoms in total. The van der Waals surface area contributed by atoms with Gasteiger partial charge >= 0.3 is 0 Å². The molecule has 1 fully saturated rings. The number of benzene rings is 1. The Morgan fingerprint density at radius 1 is 1.36 bits per heavy atom. The predicted molar refractivity (Wildman–Crippen MR) is 57.5 cm³/mol. The van der Waals surface area contributed by atoms with Crippen molar-refractivity contribution in [3.8, 4) is 0 Å². The lowest BCUT2D eigenvalue weighted by Gasteiger charge is -2.26. The van der Waals surface area contributed by atoms with Crippen molar-refractivity contribution >= 4 is 0 Å². The van der Waals surface area contributed by atoms with E-state index in [1.807, 2.05) is 0 Å². The van der Waals surface area contributed by atoms with Crippen molar-refractivity contribution in [1.82, 2.24) is 5.32 Å². The van der Waals surface area contributed by atoms with Gasteiger partial charge in [0.2, 0.25) is 0 Å². The molecule has 76 valence electrons. The maximum absolute atomic E-state index is 5.47. The van der Waals surface area contributed by atoms with E-state index >= 15 is 0 Å². The molecule has 1 N–H and O–H groups in total. The van der Waals surface area contributed by atoms with Gasteiger partial charge < -0.3 is 10.1 Å². The molecule has 14 heavy (non-hydrogen) atoms. The van der Waals surface area contributed by atoms with E-state index in [4.69, 9.17) is 4.74 Å². The second-order valence-corrected chi connectivity index (χ2v) is 3.87. The molecule has 0 radical (unpaired) electrons. The number of aryl methyl sites for hydroxylation is 1. The molecule has 1 aromatic rings. The lowest BCUT2D eigenvalue weighted by Crippen LogP contribution is -2.35. The topological polar surface area (TPSA) is 21.3 Å². The summed E-state index contributed by atoms with van der Waals surface area (Å²) < 4.78 is 5.47. The van der Waals surface area contributed by atoms with Gasteiger partial charge in [-0.1, -0.05) is 18.2 Å². The van der Waals surface area contributed by atoms with Gasteiger partial charge in [0.05, 0.1) is 19.3 Å². The van der Waals surface area contributed by atoms with Crippen LogP contribution in [0.5, 0.6) is 0 Å². The van der Waals surface area contributed by atoms with Crippen LogP contribution in [0, 0.1) is 13.8 Å². The maximum atomic E-state index is 5.47. The van der Waals surface area contributed by atoms with Crippen molar-refractivity contribution in [3.63, 3.8) is 0 Å². The number of morpholine rings is 1. The largest absolute Gasteiger partial charge is 0.378 e. The van der Waals surface area contributed by atoms with Crippen LogP contribution in [-0.4, -0.2) is 19.8 Å². The standard InChI is InChI=1S/C12H17NO/c1-9-4-3-5-11(10(9)2)12-8-14-7-6-13-12/h3-5,12-13H,6-8H2,1-2H3/t12-/m0/s1. The third-order valence-corrected chi connectivity index (χ3v) is 2.94. The molecule has 0 unspecified atom stereocenters. The van der Waals surface area contributed by atoms with Gasteiger partial charge in [0.25, 0.3) is 0 Å². The van der Waals surface area contributed by atoms with Crippen molar-refractivity contribution in [2.45, 2.75) is 19.9 Å². The SMILES string of the molecule is Cc1cccc([C@@H]2COCCN2)c1C. The first-order valence-corrected chi connectivity index (χ1v) is 5.16. The van der Waals surface area contributed by atoms with E-state index in [0.717, 1.165) is 19.8 Å². The molecule has 2 rings (SSSR count). The summed E-state index contributed by atoms with van der Waals surface area (Å²) in [5, 5.41) is 3.48. The number of hydrogen-bond donors (Lipinski definition) is 1. The van der Waals surface area contributed by atoms with Crippen molar-refractivity contribution in [1.29, 1.82) is 0 Å². The Balaban J connectivity index is 2.26. The highest BCUT2D eigenvalue weighted by atomic mass is 16.5. The molecular formula is C12H17NO. The normalized spacial score (nSPS) is 22.3. The molecule has 0 aromatic heterocycles. The molecule has 1 atom stereocenters. The third-order valence-electron chi connectivity index (χ3n) is 2.94. The first kappa shape index (κ1) is 9.69. The van der Waals surface area contributed by atoms with E-state index in [9.17, 15) is 0 Å². The van der Waals surface area contributed by atoms with Crippen LogP contribution >= 0.6 is 0 Å². The highest BCUT2D eigenvalue weighted by Crippen LogP contribution is 2.21. The molecule has 1 heterocycles. The molecule has 0 aliphatic carbocycles. The van der Waals surface area contributed by atoms with Gasteiger partial charge in [-0.05, 0) is 30.5 Å². The molecule has 0 spiro atoms. The van der Waals surface area contributed by atoms with Gasteiger partial charge in [-0.25, -0.2) is 0 Å². The lowest BCUT2D eigenvalue weighted by atomic mass is 9.97. The second kappa shape index (κ2) is 4.11. The average molecular weight is 191 g/mol. The van der Waals surface area contributed by atoms with Crippen LogP contribution in [0.1, 0.15) is 22.7 Å². The summed E-state index contributed by atoms with van der Waals surface area (Å²) in [7, 11) is 0. The summed E-state index contributed by atoms with van der Waals surface area (Å²) >= 11 is 0. The molecular weight excluding hydrogens is 174 g/mol. The summed E-state index contributed by atoms with van der Waals surface area (Å²) in [4.78, 5) is 0. The molecule has 1 aliphatic heterocycles. The van der Waals surface area contributed by atoms with E-state index in [1.54, 1.807) is 0 Å². The fourth-order valence-corrected chi connectivity index (χ4v) is 1.92. The van der Waals surface area contributed by atoms with E-state index in [1.165, 1.54) is 16.7 Å². The van der Waals surface area contributed by atoms with Gasteiger partial charge in [0.15, 0.2) is 0 Å². The Hall–Kier alpha value is -0.860. The molecule has 0 amide bonds. The summed E-state index contributed by atoms with van der Waals surface area (Å²) in [5.41, 5.74) is 4.12. The minimum absolute atomic E-state index is 0.378. The van der Waals surface area contributed by atoms with Gasteiger partial charge in [-0.3, -0.25) is 0 Å². The van der Waals surface area contributed by atoms with Crippen molar-refractivity contribution in [3.05, 3.63) is 34.9 Å². The van der Waals surface area contributed by atoms with Gasteiger partial charge in [-0.15, -0.1) is 0 Å². The van der Waals surface area contributed by atoms with E-state index in [-0.39, 0.29) is 0 Å². The Morgan fingerprint density at radius 2 is 2.21 bits per heavy atom. The Labute approximate surface area is 85.3 Å². The number of hydrogen-bond acceptors (Lipinski definition) is 2. The minimum Gasteiger partial charge on any atom is -0.378 e. The first-order valence-electron chi connectivity index (χ1n) is 5.16. The lowest BCUT2D eigenvalue weighted by molar-refractivity contribution is 0.0767. The molecule has 1 saturated heterocycles. The minimum atomic E-state index is 0.378. The summed E-state index contributed by atoms with van der Waals surface area (Å²) in [5.74, 6) is 0. The number of rotatable bonds is 1. The van der Waals surface area contributed by atoms with Crippen LogP contribution in [0.15, 0.2) is 18.2 Å². The molecule has 2 heteroatoms. The van der Waals surface area contributed by atoms with Gasteiger partial charge in [-0.2, -0.15) is 0 Å². The molecule has 1 aromatic carbocycles. The fourth-order valence-electron chi connectivity index (χ4n) is 1.92. The first-order chi connectivity index (χ1) is 6.79. The van der Waals surface area contributed by atoms with Gasteiger partial charge in [0, 0.05) is 6.54 Å². The number of ether oxygens (including phenoxy) is 1. The summed E-state index contributed by atoms with van der Waals surface area (Å²) in [6.45, 7) is 6.92. The van der Waals surface area contributed by atoms with Crippen LogP contribution in [-0.2, 0) is 4.74 Å². The summed E-state index contributed by atoms with van der Waals surface area (Å²) in [6.07, 6.45) is 0. The van der Waals surface area contributed by atoms with Crippen LogP contribution in [0.4, 0.5) is 0 Å². The van der Waals surface area contributed by atoms with E-state index in [0.29, 0.717) is 6.04 Å². The van der Waals surface area contributed by atoms with Crippen LogP contribution in [0.25, 0.3) is 0 Å². The zero-order valence-corrected chi connectivity index (χ0v) is 8.84. The average Bonchev–Trinajstić information content (AvgIpc) is 2.23. The fraction of sp³-hybridized carbons (Fsp3) is 0.500. The third kappa shape index (κ3) is 1.81. The Morgan fingerprint density at radius 3 is 2.93 bits per heavy atom. The van der Waals surface area contributed by atoms with Crippen LogP contribution < -0.4 is 5.32 Å². The molecule has 0 saturated carbocycles. The van der Waals surface area contributed by atoms with E-state index < -0.39 is 0 Å². The summed E-state index contributed by atoms with van der Waals surface area (Å²) in [6, 6.07) is 6.84. The number of nitrogens with one attached hydrogen (secondary N) is 1. The zero-order chi connectivity index (χ0) is 9.97. The monoisotopic (exact) mass is 191 g/mol. The predicted octanol–water partition coefficient (Wildman–Crippen LogP) is 1.96. The van der Waals surface area contributed by atoms with Crippen LogP contribution in [0.3, 0.4) is 0 Å². The smallest absolute Gasteiger partial charge is 0.0662 e. The quantitative estimate of drug-likeness (QED) is 0.732. The van der Waals surface area contributed by atoms with Gasteiger partial charge in [0.1, 0.15) is 0 Å². The molecule has 0 bridgehead atoms.